The SMILES string of the molecule is Cc1ccnc(C(C)N2CC(OCc3nnc(C(C)C)o3)C2)c1. The standard InChI is InChI=1S/C17H24N4O2/c1-11(2)17-20-19-16(23-17)10-22-14-8-21(9-14)13(4)15-7-12(3)5-6-18-15/h5-7,11,13-14H,8-10H2,1-4H3. The van der Waals surface area contributed by atoms with Gasteiger partial charge in [-0.15, -0.1) is 10.2 Å². The number of nitrogens with zero attached hydrogens (tertiary/aromatic N) is 4. The van der Waals surface area contributed by atoms with Crippen molar-refractivity contribution in [2.75, 3.05) is 13.1 Å². The first kappa shape index (κ1) is 16.1. The van der Waals surface area contributed by atoms with Crippen LogP contribution in [0.3, 0.4) is 0 Å². The summed E-state index contributed by atoms with van der Waals surface area (Å²) in [7, 11) is 0. The van der Waals surface area contributed by atoms with E-state index >= 15 is 0 Å². The number of ether oxygens (including phenoxy) is 1. The second kappa shape index (κ2) is 6.76. The highest BCUT2D eigenvalue weighted by atomic mass is 16.5. The first-order valence-electron chi connectivity index (χ1n) is 8.13. The van der Waals surface area contributed by atoms with Crippen molar-refractivity contribution in [1.82, 2.24) is 20.1 Å². The second-order valence-electron chi connectivity index (χ2n) is 6.51. The van der Waals surface area contributed by atoms with Crippen molar-refractivity contribution in [3.05, 3.63) is 41.4 Å². The summed E-state index contributed by atoms with van der Waals surface area (Å²) in [5, 5.41) is 8.03. The van der Waals surface area contributed by atoms with Crippen LogP contribution in [0, 0.1) is 6.92 Å². The van der Waals surface area contributed by atoms with Crippen LogP contribution in [-0.4, -0.2) is 39.3 Å². The van der Waals surface area contributed by atoms with Crippen LogP contribution in [0.15, 0.2) is 22.7 Å². The molecule has 0 radical (unpaired) electrons. The highest BCUT2D eigenvalue weighted by molar-refractivity contribution is 5.17. The van der Waals surface area contributed by atoms with Gasteiger partial charge >= 0.3 is 0 Å². The fraction of sp³-hybridized carbons (Fsp3) is 0.588. The van der Waals surface area contributed by atoms with E-state index in [2.05, 4.69) is 40.0 Å². The maximum absolute atomic E-state index is 5.84. The molecule has 3 heterocycles. The molecule has 0 aliphatic carbocycles. The molecule has 6 heteroatoms. The van der Waals surface area contributed by atoms with Gasteiger partial charge in [-0.25, -0.2) is 0 Å². The molecule has 0 spiro atoms. The van der Waals surface area contributed by atoms with E-state index in [0.29, 0.717) is 24.4 Å². The molecular weight excluding hydrogens is 292 g/mol. The van der Waals surface area contributed by atoms with E-state index in [4.69, 9.17) is 9.15 Å². The Morgan fingerprint density at radius 1 is 1.30 bits per heavy atom. The third-order valence-electron chi connectivity index (χ3n) is 4.21. The molecule has 2 aromatic rings. The lowest BCUT2D eigenvalue weighted by Crippen LogP contribution is -2.52. The zero-order valence-electron chi connectivity index (χ0n) is 14.2. The van der Waals surface area contributed by atoms with Gasteiger partial charge in [-0.2, -0.15) is 0 Å². The molecule has 6 nitrogen and oxygen atoms in total. The quantitative estimate of drug-likeness (QED) is 0.816. The summed E-state index contributed by atoms with van der Waals surface area (Å²) in [5.74, 6) is 1.47. The Labute approximate surface area is 136 Å². The minimum atomic E-state index is 0.219. The van der Waals surface area contributed by atoms with Gasteiger partial charge in [0.1, 0.15) is 6.61 Å². The van der Waals surface area contributed by atoms with Gasteiger partial charge in [-0.3, -0.25) is 9.88 Å². The molecule has 1 saturated heterocycles. The second-order valence-corrected chi connectivity index (χ2v) is 6.51. The van der Waals surface area contributed by atoms with Crippen LogP contribution in [-0.2, 0) is 11.3 Å². The predicted octanol–water partition coefficient (Wildman–Crippen LogP) is 2.86. The van der Waals surface area contributed by atoms with Gasteiger partial charge < -0.3 is 9.15 Å². The molecule has 0 saturated carbocycles. The van der Waals surface area contributed by atoms with Crippen molar-refractivity contribution in [3.63, 3.8) is 0 Å². The first-order chi connectivity index (χ1) is 11.0. The minimum Gasteiger partial charge on any atom is -0.422 e. The van der Waals surface area contributed by atoms with Crippen LogP contribution >= 0.6 is 0 Å². The molecule has 23 heavy (non-hydrogen) atoms. The number of likely N-dealkylation sites (tertiary alicyclic amines) is 1. The van der Waals surface area contributed by atoms with E-state index in [-0.39, 0.29) is 12.0 Å². The topological polar surface area (TPSA) is 64.3 Å². The predicted molar refractivity (Wildman–Crippen MR) is 85.9 cm³/mol. The summed E-state index contributed by atoms with van der Waals surface area (Å²) < 4.78 is 11.4. The Balaban J connectivity index is 1.45. The van der Waals surface area contributed by atoms with Crippen molar-refractivity contribution in [2.24, 2.45) is 0 Å². The van der Waals surface area contributed by atoms with Gasteiger partial charge in [0.25, 0.3) is 0 Å². The first-order valence-corrected chi connectivity index (χ1v) is 8.13. The largest absolute Gasteiger partial charge is 0.422 e. The molecule has 1 unspecified atom stereocenters. The number of hydrogen-bond donors (Lipinski definition) is 0. The fourth-order valence-corrected chi connectivity index (χ4v) is 2.61. The molecule has 1 aliphatic heterocycles. The summed E-state index contributed by atoms with van der Waals surface area (Å²) >= 11 is 0. The van der Waals surface area contributed by atoms with Gasteiger partial charge in [0.15, 0.2) is 0 Å². The summed E-state index contributed by atoms with van der Waals surface area (Å²) in [4.78, 5) is 6.83. The van der Waals surface area contributed by atoms with Gasteiger partial charge in [0.2, 0.25) is 11.8 Å². The zero-order valence-corrected chi connectivity index (χ0v) is 14.2. The Morgan fingerprint density at radius 3 is 2.74 bits per heavy atom. The lowest BCUT2D eigenvalue weighted by atomic mass is 10.0. The normalized spacial score (nSPS) is 17.4. The fourth-order valence-electron chi connectivity index (χ4n) is 2.61. The molecule has 1 atom stereocenters. The maximum atomic E-state index is 5.84. The van der Waals surface area contributed by atoms with Crippen LogP contribution < -0.4 is 0 Å². The van der Waals surface area contributed by atoms with Crippen LogP contribution in [0.25, 0.3) is 0 Å². The van der Waals surface area contributed by atoms with Gasteiger partial charge in [-0.1, -0.05) is 13.8 Å². The number of aromatic nitrogens is 3. The van der Waals surface area contributed by atoms with Crippen LogP contribution in [0.5, 0.6) is 0 Å². The zero-order chi connectivity index (χ0) is 16.4. The Bertz CT molecular complexity index is 650. The highest BCUT2D eigenvalue weighted by Crippen LogP contribution is 2.26. The van der Waals surface area contributed by atoms with E-state index in [1.54, 1.807) is 0 Å². The number of hydrogen-bond acceptors (Lipinski definition) is 6. The molecule has 124 valence electrons. The summed E-state index contributed by atoms with van der Waals surface area (Å²) in [5.41, 5.74) is 2.36. The molecular formula is C17H24N4O2. The van der Waals surface area contributed by atoms with Crippen LogP contribution in [0.1, 0.15) is 55.8 Å². The van der Waals surface area contributed by atoms with E-state index in [1.165, 1.54) is 5.56 Å². The molecule has 0 aromatic carbocycles. The van der Waals surface area contributed by atoms with E-state index in [9.17, 15) is 0 Å². The van der Waals surface area contributed by atoms with Crippen molar-refractivity contribution in [3.8, 4) is 0 Å². The van der Waals surface area contributed by atoms with Crippen molar-refractivity contribution < 1.29 is 9.15 Å². The van der Waals surface area contributed by atoms with E-state index < -0.39 is 0 Å². The van der Waals surface area contributed by atoms with Gasteiger partial charge in [0.05, 0.1) is 11.8 Å². The number of pyridine rings is 1. The van der Waals surface area contributed by atoms with Crippen LogP contribution in [0.2, 0.25) is 0 Å². The summed E-state index contributed by atoms with van der Waals surface area (Å²) in [6, 6.07) is 4.48. The summed E-state index contributed by atoms with van der Waals surface area (Å²) in [6.07, 6.45) is 2.09. The Morgan fingerprint density at radius 2 is 2.09 bits per heavy atom. The van der Waals surface area contributed by atoms with Gasteiger partial charge in [-0.05, 0) is 31.5 Å². The molecule has 1 fully saturated rings. The van der Waals surface area contributed by atoms with Gasteiger partial charge in [0, 0.05) is 31.2 Å². The molecule has 0 N–H and O–H groups in total. The third-order valence-corrected chi connectivity index (χ3v) is 4.21. The third kappa shape index (κ3) is 3.76. The van der Waals surface area contributed by atoms with Crippen molar-refractivity contribution >= 4 is 0 Å². The van der Waals surface area contributed by atoms with E-state index in [1.807, 2.05) is 26.1 Å². The molecule has 2 aromatic heterocycles. The van der Waals surface area contributed by atoms with Crippen molar-refractivity contribution in [2.45, 2.75) is 52.4 Å². The highest BCUT2D eigenvalue weighted by Gasteiger charge is 2.32. The molecule has 3 rings (SSSR count). The number of rotatable bonds is 6. The average Bonchev–Trinajstić information content (AvgIpc) is 2.94. The Kier molecular flexibility index (Phi) is 4.73. The average molecular weight is 316 g/mol. The molecule has 1 aliphatic rings. The van der Waals surface area contributed by atoms with Crippen LogP contribution in [0.4, 0.5) is 0 Å². The number of aryl methyl sites for hydroxylation is 1. The molecule has 0 bridgehead atoms. The maximum Gasteiger partial charge on any atom is 0.242 e. The molecule has 0 amide bonds. The minimum absolute atomic E-state index is 0.219. The lowest BCUT2D eigenvalue weighted by molar-refractivity contribution is -0.0828. The van der Waals surface area contributed by atoms with E-state index in [0.717, 1.165) is 18.8 Å². The lowest BCUT2D eigenvalue weighted by Gasteiger charge is -2.42. The van der Waals surface area contributed by atoms with Crippen molar-refractivity contribution in [1.29, 1.82) is 0 Å². The summed E-state index contributed by atoms with van der Waals surface area (Å²) in [6.45, 7) is 10.5. The smallest absolute Gasteiger partial charge is 0.242 e. The Hall–Kier alpha value is -1.79. The monoisotopic (exact) mass is 316 g/mol.